The van der Waals surface area contributed by atoms with Gasteiger partial charge in [0.15, 0.2) is 0 Å². The van der Waals surface area contributed by atoms with Crippen LogP contribution in [0.3, 0.4) is 0 Å². The first-order valence-electron chi connectivity index (χ1n) is 6.98. The number of rotatable bonds is 10. The number of carboxylic acids is 1. The minimum absolute atomic E-state index is 0.0997. The van der Waals surface area contributed by atoms with E-state index in [0.717, 1.165) is 0 Å². The summed E-state index contributed by atoms with van der Waals surface area (Å²) in [6.07, 6.45) is 0.0522. The third-order valence-corrected chi connectivity index (χ3v) is 2.84. The van der Waals surface area contributed by atoms with Crippen LogP contribution in [-0.2, 0) is 19.2 Å². The van der Waals surface area contributed by atoms with Gasteiger partial charge in [-0.25, -0.2) is 4.79 Å². The van der Waals surface area contributed by atoms with E-state index in [1.54, 1.807) is 0 Å². The van der Waals surface area contributed by atoms with Crippen molar-refractivity contribution in [3.63, 3.8) is 0 Å². The standard InChI is InChI=1S/C13H24N4O5/c1-7(2)5-9(16-11(19)6-14)12(20)17-8(13(21)22)3-4-10(15)18/h7-9H,3-6,14H2,1-2H3,(H2,15,18)(H,16,19)(H,17,20)(H,21,22)/t8-,9-/m0/s1. The summed E-state index contributed by atoms with van der Waals surface area (Å²) in [7, 11) is 0. The van der Waals surface area contributed by atoms with Gasteiger partial charge in [-0.1, -0.05) is 13.8 Å². The van der Waals surface area contributed by atoms with Crippen LogP contribution in [0.1, 0.15) is 33.1 Å². The Morgan fingerprint density at radius 2 is 1.68 bits per heavy atom. The number of carbonyl (C=O) groups excluding carboxylic acids is 3. The quantitative estimate of drug-likeness (QED) is 0.322. The molecular weight excluding hydrogens is 292 g/mol. The highest BCUT2D eigenvalue weighted by molar-refractivity contribution is 5.91. The SMILES string of the molecule is CC(C)C[C@H](NC(=O)CN)C(=O)N[C@@H](CCC(N)=O)C(=O)O. The minimum Gasteiger partial charge on any atom is -0.480 e. The van der Waals surface area contributed by atoms with Crippen molar-refractivity contribution in [1.29, 1.82) is 0 Å². The number of amides is 3. The fourth-order valence-corrected chi connectivity index (χ4v) is 1.77. The maximum atomic E-state index is 12.1. The Hall–Kier alpha value is -2.16. The first kappa shape index (κ1) is 19.8. The lowest BCUT2D eigenvalue weighted by Crippen LogP contribution is -2.53. The van der Waals surface area contributed by atoms with Gasteiger partial charge in [0.05, 0.1) is 6.54 Å². The molecule has 0 radical (unpaired) electrons. The van der Waals surface area contributed by atoms with Gasteiger partial charge in [0.2, 0.25) is 17.7 Å². The zero-order chi connectivity index (χ0) is 17.3. The maximum Gasteiger partial charge on any atom is 0.326 e. The number of carbonyl (C=O) groups is 4. The highest BCUT2D eigenvalue weighted by Crippen LogP contribution is 2.06. The van der Waals surface area contributed by atoms with E-state index in [4.69, 9.17) is 16.6 Å². The molecule has 0 aliphatic heterocycles. The molecule has 0 heterocycles. The van der Waals surface area contributed by atoms with Crippen LogP contribution in [0.2, 0.25) is 0 Å². The van der Waals surface area contributed by atoms with Crippen molar-refractivity contribution < 1.29 is 24.3 Å². The smallest absolute Gasteiger partial charge is 0.326 e. The van der Waals surface area contributed by atoms with Crippen LogP contribution in [0.4, 0.5) is 0 Å². The molecule has 22 heavy (non-hydrogen) atoms. The number of hydrogen-bond acceptors (Lipinski definition) is 5. The van der Waals surface area contributed by atoms with Crippen LogP contribution in [0.5, 0.6) is 0 Å². The highest BCUT2D eigenvalue weighted by atomic mass is 16.4. The molecule has 9 nitrogen and oxygen atoms in total. The molecule has 0 unspecified atom stereocenters. The number of carboxylic acid groups (broad SMARTS) is 1. The fourth-order valence-electron chi connectivity index (χ4n) is 1.77. The van der Waals surface area contributed by atoms with E-state index in [0.29, 0.717) is 6.42 Å². The molecule has 0 saturated heterocycles. The average molecular weight is 316 g/mol. The lowest BCUT2D eigenvalue weighted by Gasteiger charge is -2.22. The van der Waals surface area contributed by atoms with Crippen LogP contribution in [0.25, 0.3) is 0 Å². The summed E-state index contributed by atoms with van der Waals surface area (Å²) in [6, 6.07) is -2.13. The van der Waals surface area contributed by atoms with Gasteiger partial charge in [-0.05, 0) is 18.8 Å². The molecule has 0 fully saturated rings. The molecule has 0 spiro atoms. The van der Waals surface area contributed by atoms with Crippen LogP contribution >= 0.6 is 0 Å². The Bertz CT molecular complexity index is 425. The van der Waals surface area contributed by atoms with Crippen LogP contribution in [0, 0.1) is 5.92 Å². The van der Waals surface area contributed by atoms with Gasteiger partial charge in [0.25, 0.3) is 0 Å². The van der Waals surface area contributed by atoms with Gasteiger partial charge < -0.3 is 27.2 Å². The van der Waals surface area contributed by atoms with Gasteiger partial charge in [-0.2, -0.15) is 0 Å². The van der Waals surface area contributed by atoms with E-state index in [-0.39, 0.29) is 25.3 Å². The molecular formula is C13H24N4O5. The average Bonchev–Trinajstić information content (AvgIpc) is 2.41. The molecule has 0 aliphatic rings. The Kier molecular flexibility index (Phi) is 8.76. The first-order valence-corrected chi connectivity index (χ1v) is 6.98. The molecule has 126 valence electrons. The molecule has 3 amide bonds. The Morgan fingerprint density at radius 1 is 1.09 bits per heavy atom. The molecule has 0 aromatic carbocycles. The third-order valence-electron chi connectivity index (χ3n) is 2.84. The van der Waals surface area contributed by atoms with E-state index in [2.05, 4.69) is 10.6 Å². The summed E-state index contributed by atoms with van der Waals surface area (Å²) in [5.74, 6) is -2.97. The van der Waals surface area contributed by atoms with Crippen molar-refractivity contribution in [3.05, 3.63) is 0 Å². The summed E-state index contributed by atoms with van der Waals surface area (Å²) < 4.78 is 0. The molecule has 0 aliphatic carbocycles. The van der Waals surface area contributed by atoms with Crippen LogP contribution in [0.15, 0.2) is 0 Å². The lowest BCUT2D eigenvalue weighted by molar-refractivity contribution is -0.142. The number of hydrogen-bond donors (Lipinski definition) is 5. The predicted molar refractivity (Wildman–Crippen MR) is 78.4 cm³/mol. The third kappa shape index (κ3) is 8.20. The van der Waals surface area contributed by atoms with Crippen molar-refractivity contribution in [3.8, 4) is 0 Å². The van der Waals surface area contributed by atoms with Gasteiger partial charge in [0, 0.05) is 6.42 Å². The van der Waals surface area contributed by atoms with Crippen molar-refractivity contribution in [2.75, 3.05) is 6.54 Å². The minimum atomic E-state index is -1.27. The number of aliphatic carboxylic acids is 1. The second-order valence-corrected chi connectivity index (χ2v) is 5.36. The maximum absolute atomic E-state index is 12.1. The first-order chi connectivity index (χ1) is 10.2. The van der Waals surface area contributed by atoms with Gasteiger partial charge in [-0.15, -0.1) is 0 Å². The van der Waals surface area contributed by atoms with Crippen molar-refractivity contribution in [2.24, 2.45) is 17.4 Å². The van der Waals surface area contributed by atoms with Gasteiger partial charge >= 0.3 is 5.97 Å². The second kappa shape index (κ2) is 9.72. The van der Waals surface area contributed by atoms with E-state index in [9.17, 15) is 19.2 Å². The molecule has 2 atom stereocenters. The summed E-state index contributed by atoms with van der Waals surface area (Å²) in [5.41, 5.74) is 10.2. The van der Waals surface area contributed by atoms with Gasteiger partial charge in [-0.3, -0.25) is 14.4 Å². The van der Waals surface area contributed by atoms with Crippen molar-refractivity contribution in [1.82, 2.24) is 10.6 Å². The number of nitrogens with two attached hydrogens (primary N) is 2. The molecule has 0 rings (SSSR count). The molecule has 0 bridgehead atoms. The van der Waals surface area contributed by atoms with Crippen LogP contribution < -0.4 is 22.1 Å². The molecule has 0 saturated carbocycles. The predicted octanol–water partition coefficient (Wildman–Crippen LogP) is -1.69. The number of primary amides is 1. The van der Waals surface area contributed by atoms with E-state index in [1.807, 2.05) is 13.8 Å². The van der Waals surface area contributed by atoms with E-state index >= 15 is 0 Å². The zero-order valence-corrected chi connectivity index (χ0v) is 12.8. The molecule has 0 aromatic rings. The Morgan fingerprint density at radius 3 is 2.09 bits per heavy atom. The summed E-state index contributed by atoms with van der Waals surface area (Å²) in [4.78, 5) is 45.3. The van der Waals surface area contributed by atoms with Crippen LogP contribution in [-0.4, -0.2) is 47.4 Å². The topological polar surface area (TPSA) is 165 Å². The second-order valence-electron chi connectivity index (χ2n) is 5.36. The summed E-state index contributed by atoms with van der Waals surface area (Å²) in [5, 5.41) is 13.8. The molecule has 9 heteroatoms. The highest BCUT2D eigenvalue weighted by Gasteiger charge is 2.27. The Balaban J connectivity index is 4.83. The number of nitrogens with one attached hydrogen (secondary N) is 2. The van der Waals surface area contributed by atoms with E-state index in [1.165, 1.54) is 0 Å². The summed E-state index contributed by atoms with van der Waals surface area (Å²) >= 11 is 0. The van der Waals surface area contributed by atoms with Crippen molar-refractivity contribution >= 4 is 23.7 Å². The van der Waals surface area contributed by atoms with E-state index < -0.39 is 35.8 Å². The van der Waals surface area contributed by atoms with Gasteiger partial charge in [0.1, 0.15) is 12.1 Å². The largest absolute Gasteiger partial charge is 0.480 e. The molecule has 0 aromatic heterocycles. The lowest BCUT2D eigenvalue weighted by atomic mass is 10.0. The molecule has 7 N–H and O–H groups in total. The summed E-state index contributed by atoms with van der Waals surface area (Å²) in [6.45, 7) is 3.44. The monoisotopic (exact) mass is 316 g/mol. The zero-order valence-electron chi connectivity index (χ0n) is 12.8. The Labute approximate surface area is 128 Å². The fraction of sp³-hybridized carbons (Fsp3) is 0.692. The van der Waals surface area contributed by atoms with Crippen molar-refractivity contribution in [2.45, 2.75) is 45.2 Å². The normalized spacial score (nSPS) is 13.3.